The van der Waals surface area contributed by atoms with Gasteiger partial charge in [-0.05, 0) is 42.8 Å². The number of carbonyl (C=O) groups is 2. The Kier molecular flexibility index (Phi) is 5.80. The SMILES string of the molecule is CC(=O)N(CC(=O)Nc1cc(Cl)ccc1C)c1ccc(F)c(Cl)c1. The van der Waals surface area contributed by atoms with E-state index >= 15 is 0 Å². The molecule has 24 heavy (non-hydrogen) atoms. The first-order valence-electron chi connectivity index (χ1n) is 7.07. The molecule has 0 radical (unpaired) electrons. The van der Waals surface area contributed by atoms with Gasteiger partial charge in [0.15, 0.2) is 0 Å². The van der Waals surface area contributed by atoms with Crippen LogP contribution in [0.25, 0.3) is 0 Å². The van der Waals surface area contributed by atoms with Gasteiger partial charge >= 0.3 is 0 Å². The van der Waals surface area contributed by atoms with Crippen LogP contribution in [0.5, 0.6) is 0 Å². The summed E-state index contributed by atoms with van der Waals surface area (Å²) in [6.07, 6.45) is 0. The number of hydrogen-bond donors (Lipinski definition) is 1. The van der Waals surface area contributed by atoms with Crippen molar-refractivity contribution in [1.82, 2.24) is 0 Å². The lowest BCUT2D eigenvalue weighted by Gasteiger charge is -2.21. The van der Waals surface area contributed by atoms with Crippen molar-refractivity contribution in [3.8, 4) is 0 Å². The molecule has 0 aliphatic carbocycles. The number of anilines is 2. The molecule has 1 N–H and O–H groups in total. The quantitative estimate of drug-likeness (QED) is 0.867. The van der Waals surface area contributed by atoms with Gasteiger partial charge in [0.05, 0.1) is 5.02 Å². The zero-order valence-corrected chi connectivity index (χ0v) is 14.6. The Morgan fingerprint density at radius 3 is 2.50 bits per heavy atom. The van der Waals surface area contributed by atoms with E-state index in [0.717, 1.165) is 11.6 Å². The van der Waals surface area contributed by atoms with Crippen LogP contribution in [0.3, 0.4) is 0 Å². The Hall–Kier alpha value is -2.11. The van der Waals surface area contributed by atoms with Gasteiger partial charge < -0.3 is 10.2 Å². The van der Waals surface area contributed by atoms with Gasteiger partial charge in [0.2, 0.25) is 11.8 Å². The third-order valence-corrected chi connectivity index (χ3v) is 3.90. The molecule has 0 aromatic heterocycles. The van der Waals surface area contributed by atoms with Gasteiger partial charge in [-0.25, -0.2) is 4.39 Å². The van der Waals surface area contributed by atoms with E-state index in [1.165, 1.54) is 24.0 Å². The second-order valence-corrected chi connectivity index (χ2v) is 6.05. The lowest BCUT2D eigenvalue weighted by atomic mass is 10.2. The molecule has 126 valence electrons. The van der Waals surface area contributed by atoms with Crippen molar-refractivity contribution in [2.24, 2.45) is 0 Å². The van der Waals surface area contributed by atoms with Gasteiger partial charge in [0.1, 0.15) is 12.4 Å². The van der Waals surface area contributed by atoms with Gasteiger partial charge in [-0.3, -0.25) is 9.59 Å². The molecule has 4 nitrogen and oxygen atoms in total. The molecule has 2 aromatic rings. The third kappa shape index (κ3) is 4.46. The van der Waals surface area contributed by atoms with Crippen LogP contribution in [0.1, 0.15) is 12.5 Å². The lowest BCUT2D eigenvalue weighted by molar-refractivity contribution is -0.120. The Morgan fingerprint density at radius 1 is 1.17 bits per heavy atom. The van der Waals surface area contributed by atoms with Crippen LogP contribution in [0.15, 0.2) is 36.4 Å². The molecule has 0 atom stereocenters. The minimum absolute atomic E-state index is 0.121. The highest BCUT2D eigenvalue weighted by atomic mass is 35.5. The Labute approximate surface area is 149 Å². The van der Waals surface area contributed by atoms with Crippen molar-refractivity contribution < 1.29 is 14.0 Å². The van der Waals surface area contributed by atoms with Crippen LogP contribution in [-0.4, -0.2) is 18.4 Å². The van der Waals surface area contributed by atoms with Gasteiger partial charge in [-0.2, -0.15) is 0 Å². The normalized spacial score (nSPS) is 10.4. The van der Waals surface area contributed by atoms with Gasteiger partial charge in [0.25, 0.3) is 0 Å². The minimum atomic E-state index is -0.595. The molecular weight excluding hydrogens is 354 g/mol. The molecule has 7 heteroatoms. The molecule has 2 amide bonds. The summed E-state index contributed by atoms with van der Waals surface area (Å²) in [5.74, 6) is -1.37. The third-order valence-electron chi connectivity index (χ3n) is 3.37. The molecule has 0 aliphatic rings. The molecule has 0 fully saturated rings. The van der Waals surface area contributed by atoms with Crippen molar-refractivity contribution in [2.75, 3.05) is 16.8 Å². The van der Waals surface area contributed by atoms with Crippen molar-refractivity contribution in [3.63, 3.8) is 0 Å². The highest BCUT2D eigenvalue weighted by Gasteiger charge is 2.17. The van der Waals surface area contributed by atoms with Crippen LogP contribution in [0.2, 0.25) is 10.0 Å². The number of hydrogen-bond acceptors (Lipinski definition) is 2. The van der Waals surface area contributed by atoms with Gasteiger partial charge in [0, 0.05) is 23.3 Å². The molecule has 0 saturated heterocycles. The van der Waals surface area contributed by atoms with E-state index in [9.17, 15) is 14.0 Å². The average molecular weight is 369 g/mol. The maximum Gasteiger partial charge on any atom is 0.244 e. The van der Waals surface area contributed by atoms with Crippen LogP contribution in [0.4, 0.5) is 15.8 Å². The highest BCUT2D eigenvalue weighted by molar-refractivity contribution is 6.31. The molecular formula is C17H15Cl2FN2O2. The number of benzene rings is 2. The molecule has 0 spiro atoms. The molecule has 2 rings (SSSR count). The van der Waals surface area contributed by atoms with Gasteiger partial charge in [-0.1, -0.05) is 29.3 Å². The predicted molar refractivity (Wildman–Crippen MR) is 94.3 cm³/mol. The van der Waals surface area contributed by atoms with Crippen LogP contribution in [0, 0.1) is 12.7 Å². The molecule has 0 aliphatic heterocycles. The summed E-state index contributed by atoms with van der Waals surface area (Å²) in [6.45, 7) is 2.91. The summed E-state index contributed by atoms with van der Waals surface area (Å²) >= 11 is 11.7. The fraction of sp³-hybridized carbons (Fsp3) is 0.176. The maximum atomic E-state index is 13.3. The topological polar surface area (TPSA) is 49.4 Å². The van der Waals surface area contributed by atoms with Gasteiger partial charge in [-0.15, -0.1) is 0 Å². The van der Waals surface area contributed by atoms with Crippen LogP contribution >= 0.6 is 23.2 Å². The van der Waals surface area contributed by atoms with E-state index < -0.39 is 11.7 Å². The number of nitrogens with zero attached hydrogens (tertiary/aromatic N) is 1. The van der Waals surface area contributed by atoms with Crippen molar-refractivity contribution in [1.29, 1.82) is 0 Å². The Bertz CT molecular complexity index is 796. The van der Waals surface area contributed by atoms with E-state index in [-0.39, 0.29) is 17.5 Å². The molecule has 2 aromatic carbocycles. The van der Waals surface area contributed by atoms with Crippen molar-refractivity contribution in [3.05, 3.63) is 57.8 Å². The summed E-state index contributed by atoms with van der Waals surface area (Å²) < 4.78 is 13.3. The van der Waals surface area contributed by atoms with E-state index in [1.807, 2.05) is 6.92 Å². The summed E-state index contributed by atoms with van der Waals surface area (Å²) in [6, 6.07) is 8.96. The fourth-order valence-electron chi connectivity index (χ4n) is 2.10. The maximum absolute atomic E-state index is 13.3. The number of rotatable bonds is 4. The zero-order chi connectivity index (χ0) is 17.9. The van der Waals surface area contributed by atoms with E-state index in [0.29, 0.717) is 16.4 Å². The van der Waals surface area contributed by atoms with Crippen molar-refractivity contribution >= 4 is 46.4 Å². The zero-order valence-electron chi connectivity index (χ0n) is 13.1. The van der Waals surface area contributed by atoms with Crippen LogP contribution in [-0.2, 0) is 9.59 Å². The largest absolute Gasteiger partial charge is 0.324 e. The van der Waals surface area contributed by atoms with E-state index in [2.05, 4.69) is 5.32 Å². The number of aryl methyl sites for hydroxylation is 1. The van der Waals surface area contributed by atoms with Crippen molar-refractivity contribution in [2.45, 2.75) is 13.8 Å². The summed E-state index contributed by atoms with van der Waals surface area (Å²) in [4.78, 5) is 25.3. The first kappa shape index (κ1) is 18.2. The number of carbonyl (C=O) groups excluding carboxylic acids is 2. The standard InChI is InChI=1S/C17H15Cl2FN2O2/c1-10-3-4-12(18)7-16(10)21-17(24)9-22(11(2)23)13-5-6-15(20)14(19)8-13/h3-8H,9H2,1-2H3,(H,21,24). The smallest absolute Gasteiger partial charge is 0.244 e. The van der Waals surface area contributed by atoms with Crippen LogP contribution < -0.4 is 10.2 Å². The summed E-state index contributed by atoms with van der Waals surface area (Å²) in [5, 5.41) is 3.08. The number of amides is 2. The first-order chi connectivity index (χ1) is 11.3. The molecule has 0 heterocycles. The Balaban J connectivity index is 2.18. The number of nitrogens with one attached hydrogen (secondary N) is 1. The second-order valence-electron chi connectivity index (χ2n) is 5.21. The molecule has 0 saturated carbocycles. The summed E-state index contributed by atoms with van der Waals surface area (Å²) in [7, 11) is 0. The number of halogens is 3. The first-order valence-corrected chi connectivity index (χ1v) is 7.82. The lowest BCUT2D eigenvalue weighted by Crippen LogP contribution is -2.36. The monoisotopic (exact) mass is 368 g/mol. The average Bonchev–Trinajstić information content (AvgIpc) is 2.51. The van der Waals surface area contributed by atoms with E-state index in [1.54, 1.807) is 18.2 Å². The predicted octanol–water partition coefficient (Wildman–Crippen LogP) is 4.43. The summed E-state index contributed by atoms with van der Waals surface area (Å²) in [5.41, 5.74) is 1.74. The molecule has 0 unspecified atom stereocenters. The fourth-order valence-corrected chi connectivity index (χ4v) is 2.45. The van der Waals surface area contributed by atoms with E-state index in [4.69, 9.17) is 23.2 Å². The Morgan fingerprint density at radius 2 is 1.88 bits per heavy atom. The minimum Gasteiger partial charge on any atom is -0.324 e. The molecule has 0 bridgehead atoms. The highest BCUT2D eigenvalue weighted by Crippen LogP contribution is 2.24. The second kappa shape index (κ2) is 7.64.